The fourth-order valence-electron chi connectivity index (χ4n) is 1.19. The minimum Gasteiger partial charge on any atom is -0.491 e. The van der Waals surface area contributed by atoms with Crippen LogP contribution in [0.2, 0.25) is 0 Å². The molecule has 2 N–H and O–H groups in total. The van der Waals surface area contributed by atoms with Crippen LogP contribution in [0.5, 0.6) is 5.75 Å². The van der Waals surface area contributed by atoms with E-state index >= 15 is 0 Å². The lowest BCUT2D eigenvalue weighted by atomic mass is 10.2. The predicted octanol–water partition coefficient (Wildman–Crippen LogP) is 0.907. The third-order valence-corrected chi connectivity index (χ3v) is 2.06. The highest BCUT2D eigenvalue weighted by molar-refractivity contribution is 5.34. The first-order valence-corrected chi connectivity index (χ1v) is 5.28. The second-order valence-electron chi connectivity index (χ2n) is 3.41. The van der Waals surface area contributed by atoms with Crippen LogP contribution >= 0.6 is 0 Å². The van der Waals surface area contributed by atoms with E-state index in [9.17, 15) is 5.11 Å². The normalized spacial score (nSPS) is 11.8. The Morgan fingerprint density at radius 2 is 2.12 bits per heavy atom. The highest BCUT2D eigenvalue weighted by atomic mass is 16.5. The molecule has 0 aromatic heterocycles. The van der Waals surface area contributed by atoms with Gasteiger partial charge >= 0.3 is 0 Å². The van der Waals surface area contributed by atoms with E-state index in [0.717, 1.165) is 6.54 Å². The number of nitrogens with zero attached hydrogens (tertiary/aromatic N) is 1. The van der Waals surface area contributed by atoms with Crippen molar-refractivity contribution in [2.45, 2.75) is 13.0 Å². The number of likely N-dealkylation sites (N-methyl/N-ethyl adjacent to an activating group) is 1. The number of aliphatic hydroxyl groups is 1. The quantitative estimate of drug-likeness (QED) is 0.747. The van der Waals surface area contributed by atoms with Gasteiger partial charge in [-0.2, -0.15) is 5.26 Å². The van der Waals surface area contributed by atoms with E-state index in [-0.39, 0.29) is 6.61 Å². The topological polar surface area (TPSA) is 65.3 Å². The van der Waals surface area contributed by atoms with Crippen molar-refractivity contribution in [3.8, 4) is 11.8 Å². The Balaban J connectivity index is 2.34. The number of ether oxygens (including phenoxy) is 1. The molecule has 0 aliphatic rings. The second-order valence-corrected chi connectivity index (χ2v) is 3.41. The molecule has 0 saturated carbocycles. The van der Waals surface area contributed by atoms with Crippen molar-refractivity contribution in [3.63, 3.8) is 0 Å². The van der Waals surface area contributed by atoms with Gasteiger partial charge in [0, 0.05) is 6.54 Å². The molecule has 0 aliphatic carbocycles. The molecule has 0 amide bonds. The van der Waals surface area contributed by atoms with E-state index in [2.05, 4.69) is 5.32 Å². The van der Waals surface area contributed by atoms with Crippen molar-refractivity contribution in [1.82, 2.24) is 5.32 Å². The van der Waals surface area contributed by atoms with Crippen LogP contribution < -0.4 is 10.1 Å². The summed E-state index contributed by atoms with van der Waals surface area (Å²) in [6.45, 7) is 3.58. The number of nitriles is 1. The van der Waals surface area contributed by atoms with Gasteiger partial charge in [0.25, 0.3) is 0 Å². The first-order valence-electron chi connectivity index (χ1n) is 5.28. The summed E-state index contributed by atoms with van der Waals surface area (Å²) in [7, 11) is 0. The van der Waals surface area contributed by atoms with Gasteiger partial charge in [-0.15, -0.1) is 0 Å². The minimum absolute atomic E-state index is 0.249. The zero-order chi connectivity index (χ0) is 11.8. The summed E-state index contributed by atoms with van der Waals surface area (Å²) in [6.07, 6.45) is -0.518. The van der Waals surface area contributed by atoms with Gasteiger partial charge in [-0.25, -0.2) is 0 Å². The largest absolute Gasteiger partial charge is 0.491 e. The van der Waals surface area contributed by atoms with E-state index in [1.807, 2.05) is 13.0 Å². The maximum atomic E-state index is 9.50. The zero-order valence-electron chi connectivity index (χ0n) is 9.31. The Morgan fingerprint density at radius 3 is 2.69 bits per heavy atom. The van der Waals surface area contributed by atoms with Gasteiger partial charge in [0.05, 0.1) is 11.6 Å². The predicted molar refractivity (Wildman–Crippen MR) is 61.2 cm³/mol. The molecule has 0 fully saturated rings. The highest BCUT2D eigenvalue weighted by Gasteiger charge is 2.03. The van der Waals surface area contributed by atoms with Gasteiger partial charge in [-0.1, -0.05) is 6.92 Å². The molecule has 1 atom stereocenters. The first kappa shape index (κ1) is 12.5. The van der Waals surface area contributed by atoms with E-state index in [0.29, 0.717) is 17.9 Å². The van der Waals surface area contributed by atoms with Gasteiger partial charge in [0.1, 0.15) is 18.5 Å². The van der Waals surface area contributed by atoms with Crippen LogP contribution in [0, 0.1) is 11.3 Å². The van der Waals surface area contributed by atoms with Gasteiger partial charge in [0.2, 0.25) is 0 Å². The van der Waals surface area contributed by atoms with Crippen LogP contribution in [0.25, 0.3) is 0 Å². The van der Waals surface area contributed by atoms with Crippen molar-refractivity contribution in [3.05, 3.63) is 29.8 Å². The van der Waals surface area contributed by atoms with Gasteiger partial charge in [-0.3, -0.25) is 0 Å². The monoisotopic (exact) mass is 220 g/mol. The summed E-state index contributed by atoms with van der Waals surface area (Å²) in [5.74, 6) is 0.662. The number of hydrogen-bond acceptors (Lipinski definition) is 4. The van der Waals surface area contributed by atoms with E-state index in [1.165, 1.54) is 0 Å². The number of hydrogen-bond donors (Lipinski definition) is 2. The molecule has 16 heavy (non-hydrogen) atoms. The van der Waals surface area contributed by atoms with Crippen molar-refractivity contribution in [1.29, 1.82) is 5.26 Å². The number of rotatable bonds is 6. The summed E-state index contributed by atoms with van der Waals surface area (Å²) < 4.78 is 5.36. The Morgan fingerprint density at radius 1 is 1.44 bits per heavy atom. The molecule has 86 valence electrons. The summed E-state index contributed by atoms with van der Waals surface area (Å²) in [5, 5.41) is 21.1. The molecule has 0 saturated heterocycles. The Labute approximate surface area is 95.5 Å². The third-order valence-electron chi connectivity index (χ3n) is 2.06. The van der Waals surface area contributed by atoms with Gasteiger partial charge in [-0.05, 0) is 30.8 Å². The summed E-state index contributed by atoms with van der Waals surface area (Å²) in [5.41, 5.74) is 0.598. The molecule has 4 nitrogen and oxygen atoms in total. The molecule has 1 aromatic carbocycles. The highest BCUT2D eigenvalue weighted by Crippen LogP contribution is 2.11. The maximum Gasteiger partial charge on any atom is 0.119 e. The molecule has 1 unspecified atom stereocenters. The molecule has 0 spiro atoms. The zero-order valence-corrected chi connectivity index (χ0v) is 9.31. The Hall–Kier alpha value is -1.57. The molecular formula is C12H16N2O2. The van der Waals surface area contributed by atoms with Crippen LogP contribution in [0.1, 0.15) is 12.5 Å². The molecule has 0 bridgehead atoms. The molecular weight excluding hydrogens is 204 g/mol. The first-order chi connectivity index (χ1) is 7.76. The Kier molecular flexibility index (Phi) is 5.34. The average molecular weight is 220 g/mol. The lowest BCUT2D eigenvalue weighted by Gasteiger charge is -2.12. The van der Waals surface area contributed by atoms with E-state index < -0.39 is 6.10 Å². The van der Waals surface area contributed by atoms with Crippen molar-refractivity contribution >= 4 is 0 Å². The summed E-state index contributed by atoms with van der Waals surface area (Å²) in [4.78, 5) is 0. The fraction of sp³-hybridized carbons (Fsp3) is 0.417. The molecule has 0 radical (unpaired) electrons. The van der Waals surface area contributed by atoms with Crippen molar-refractivity contribution in [2.75, 3.05) is 19.7 Å². The Bertz CT molecular complexity index is 343. The molecule has 0 heterocycles. The standard InChI is InChI=1S/C12H16N2O2/c1-2-14-8-11(15)9-16-12-5-3-10(7-13)4-6-12/h3-6,11,14-15H,2,8-9H2,1H3. The van der Waals surface area contributed by atoms with E-state index in [1.54, 1.807) is 24.3 Å². The minimum atomic E-state index is -0.518. The number of aliphatic hydroxyl groups excluding tert-OH is 1. The van der Waals surface area contributed by atoms with E-state index in [4.69, 9.17) is 10.00 Å². The van der Waals surface area contributed by atoms with Crippen molar-refractivity contribution < 1.29 is 9.84 Å². The van der Waals surface area contributed by atoms with Gasteiger partial charge in [0.15, 0.2) is 0 Å². The molecule has 0 aliphatic heterocycles. The molecule has 1 aromatic rings. The second kappa shape index (κ2) is 6.83. The van der Waals surface area contributed by atoms with Crippen LogP contribution in [0.3, 0.4) is 0 Å². The lowest BCUT2D eigenvalue weighted by Crippen LogP contribution is -2.31. The number of nitrogens with one attached hydrogen (secondary N) is 1. The van der Waals surface area contributed by atoms with Crippen LogP contribution in [-0.4, -0.2) is 30.9 Å². The summed E-state index contributed by atoms with van der Waals surface area (Å²) in [6, 6.07) is 8.85. The van der Waals surface area contributed by atoms with Gasteiger partial charge < -0.3 is 15.2 Å². The fourth-order valence-corrected chi connectivity index (χ4v) is 1.19. The maximum absolute atomic E-state index is 9.50. The number of benzene rings is 1. The SMILES string of the molecule is CCNCC(O)COc1ccc(C#N)cc1. The summed E-state index contributed by atoms with van der Waals surface area (Å²) >= 11 is 0. The van der Waals surface area contributed by atoms with Crippen LogP contribution in [0.15, 0.2) is 24.3 Å². The lowest BCUT2D eigenvalue weighted by molar-refractivity contribution is 0.107. The van der Waals surface area contributed by atoms with Crippen molar-refractivity contribution in [2.24, 2.45) is 0 Å². The van der Waals surface area contributed by atoms with Crippen LogP contribution in [-0.2, 0) is 0 Å². The molecule has 1 rings (SSSR count). The van der Waals surface area contributed by atoms with Crippen LogP contribution in [0.4, 0.5) is 0 Å². The third kappa shape index (κ3) is 4.30. The molecule has 4 heteroatoms. The smallest absolute Gasteiger partial charge is 0.119 e. The average Bonchev–Trinajstić information content (AvgIpc) is 2.34.